The molecule has 2 heterocycles. The van der Waals surface area contributed by atoms with Crippen molar-refractivity contribution in [3.63, 3.8) is 0 Å². The van der Waals surface area contributed by atoms with Crippen LogP contribution in [-0.4, -0.2) is 69.7 Å². The molecule has 0 radical (unpaired) electrons. The summed E-state index contributed by atoms with van der Waals surface area (Å²) in [5.74, 6) is -0.836. The minimum absolute atomic E-state index is 0.103. The van der Waals surface area contributed by atoms with Gasteiger partial charge < -0.3 is 33.6 Å². The predicted molar refractivity (Wildman–Crippen MR) is 117 cm³/mol. The molecular formula is C22H32N2O7Si. The van der Waals surface area contributed by atoms with Gasteiger partial charge in [-0.15, -0.1) is 0 Å². The van der Waals surface area contributed by atoms with E-state index in [9.17, 15) is 4.79 Å². The maximum absolute atomic E-state index is 12.2. The Morgan fingerprint density at radius 1 is 1.19 bits per heavy atom. The fourth-order valence-corrected chi connectivity index (χ4v) is 4.81. The Morgan fingerprint density at radius 2 is 1.88 bits per heavy atom. The first kappa shape index (κ1) is 24.7. The molecule has 2 fully saturated rings. The quantitative estimate of drug-likeness (QED) is 0.209. The smallest absolute Gasteiger partial charge is 0.414 e. The zero-order valence-electron chi connectivity index (χ0n) is 19.4. The lowest BCUT2D eigenvalue weighted by Crippen LogP contribution is -2.66. The van der Waals surface area contributed by atoms with Gasteiger partial charge in [-0.05, 0) is 18.1 Å². The monoisotopic (exact) mass is 464 g/mol. The molecular weight excluding hydrogens is 432 g/mol. The summed E-state index contributed by atoms with van der Waals surface area (Å²) in [5.41, 5.74) is 9.60. The summed E-state index contributed by atoms with van der Waals surface area (Å²) in [6.07, 6.45) is -3.49. The number of fused-ring (bicyclic) bond motifs is 1. The molecule has 32 heavy (non-hydrogen) atoms. The third-order valence-electron chi connectivity index (χ3n) is 6.24. The van der Waals surface area contributed by atoms with Crippen LogP contribution < -0.4 is 0 Å². The minimum Gasteiger partial charge on any atom is -0.446 e. The zero-order valence-corrected chi connectivity index (χ0v) is 20.4. The molecule has 9 nitrogen and oxygen atoms in total. The average Bonchev–Trinajstić information content (AvgIpc) is 2.74. The third kappa shape index (κ3) is 5.35. The average molecular weight is 465 g/mol. The highest BCUT2D eigenvalue weighted by Crippen LogP contribution is 2.42. The predicted octanol–water partition coefficient (Wildman–Crippen LogP) is 3.07. The molecule has 0 saturated carbocycles. The van der Waals surface area contributed by atoms with Crippen LogP contribution in [0.3, 0.4) is 0 Å². The van der Waals surface area contributed by atoms with Gasteiger partial charge in [-0.2, -0.15) is 4.79 Å². The lowest BCUT2D eigenvalue weighted by atomic mass is 9.97. The highest BCUT2D eigenvalue weighted by atomic mass is 28.4. The Labute approximate surface area is 189 Å². The van der Waals surface area contributed by atoms with Crippen molar-refractivity contribution in [3.05, 3.63) is 41.4 Å². The van der Waals surface area contributed by atoms with Gasteiger partial charge in [0.2, 0.25) is 0 Å². The number of nitrogens with zero attached hydrogens (tertiary/aromatic N) is 2. The van der Waals surface area contributed by atoms with E-state index in [-0.39, 0.29) is 11.6 Å². The van der Waals surface area contributed by atoms with Gasteiger partial charge >= 0.3 is 12.2 Å². The minimum atomic E-state index is -2.33. The Morgan fingerprint density at radius 3 is 2.47 bits per heavy atom. The van der Waals surface area contributed by atoms with Gasteiger partial charge in [-0.1, -0.05) is 51.1 Å². The molecule has 1 aromatic carbocycles. The number of benzene rings is 1. The van der Waals surface area contributed by atoms with Gasteiger partial charge in [0, 0.05) is 12.7 Å². The summed E-state index contributed by atoms with van der Waals surface area (Å²) < 4.78 is 36.1. The molecule has 0 aliphatic carbocycles. The first-order chi connectivity index (χ1) is 15.1. The fourth-order valence-electron chi connectivity index (χ4n) is 3.50. The molecule has 0 N–H and O–H groups in total. The number of carbonyl (C=O) groups is 1. The second-order valence-corrected chi connectivity index (χ2v) is 14.2. The van der Waals surface area contributed by atoms with Crippen LogP contribution in [0.1, 0.15) is 32.6 Å². The largest absolute Gasteiger partial charge is 0.446 e. The second kappa shape index (κ2) is 9.92. The van der Waals surface area contributed by atoms with E-state index in [0.29, 0.717) is 6.21 Å². The molecule has 6 atom stereocenters. The summed E-state index contributed by atoms with van der Waals surface area (Å²) in [5, 5.41) is -0.103. The second-order valence-electron chi connectivity index (χ2n) is 9.44. The Balaban J connectivity index is 1.96. The zero-order chi connectivity index (χ0) is 23.5. The molecule has 176 valence electrons. The highest BCUT2D eigenvalue weighted by molar-refractivity contribution is 6.74. The molecule has 10 heteroatoms. The first-order valence-electron chi connectivity index (χ1n) is 10.6. The summed E-state index contributed by atoms with van der Waals surface area (Å²) in [7, 11) is -0.865. The first-order valence-corrected chi connectivity index (χ1v) is 13.5. The number of esters is 1. The van der Waals surface area contributed by atoms with Crippen molar-refractivity contribution in [1.82, 2.24) is 0 Å². The summed E-state index contributed by atoms with van der Waals surface area (Å²) >= 11 is 0. The van der Waals surface area contributed by atoms with E-state index in [0.717, 1.165) is 5.56 Å². The molecule has 0 amide bonds. The van der Waals surface area contributed by atoms with Crippen molar-refractivity contribution < 1.29 is 37.7 Å². The molecule has 2 aliphatic rings. The van der Waals surface area contributed by atoms with E-state index in [1.54, 1.807) is 0 Å². The molecule has 2 aliphatic heterocycles. The summed E-state index contributed by atoms with van der Waals surface area (Å²) in [4.78, 5) is 14.9. The van der Waals surface area contributed by atoms with E-state index in [4.69, 9.17) is 33.6 Å². The number of ether oxygens (including phenoxy) is 5. The van der Waals surface area contributed by atoms with Gasteiger partial charge in [0.05, 0.1) is 6.61 Å². The lowest BCUT2D eigenvalue weighted by Gasteiger charge is -2.51. The van der Waals surface area contributed by atoms with Crippen LogP contribution in [0.2, 0.25) is 18.1 Å². The number of hydrogen-bond donors (Lipinski definition) is 0. The van der Waals surface area contributed by atoms with Crippen LogP contribution in [0.15, 0.2) is 30.3 Å². The van der Waals surface area contributed by atoms with Gasteiger partial charge in [0.15, 0.2) is 27.0 Å². The van der Waals surface area contributed by atoms with Gasteiger partial charge in [0.25, 0.3) is 0 Å². The van der Waals surface area contributed by atoms with Crippen LogP contribution in [-0.2, 0) is 32.9 Å². The number of rotatable bonds is 6. The van der Waals surface area contributed by atoms with Crippen molar-refractivity contribution in [1.29, 1.82) is 0 Å². The van der Waals surface area contributed by atoms with Crippen molar-refractivity contribution in [2.24, 2.45) is 0 Å². The van der Waals surface area contributed by atoms with Gasteiger partial charge in [-0.3, -0.25) is 0 Å². The molecule has 0 spiro atoms. The molecule has 1 aromatic rings. The maximum Gasteiger partial charge on any atom is 0.414 e. The van der Waals surface area contributed by atoms with Gasteiger partial charge in [-0.25, -0.2) is 4.79 Å². The normalized spacial score (nSPS) is 30.7. The van der Waals surface area contributed by atoms with E-state index in [1.807, 2.05) is 30.3 Å². The van der Waals surface area contributed by atoms with Crippen LogP contribution >= 0.6 is 0 Å². The maximum atomic E-state index is 12.2. The summed E-state index contributed by atoms with van der Waals surface area (Å²) in [6.45, 7) is 10.9. The van der Waals surface area contributed by atoms with Crippen LogP contribution in [0, 0.1) is 0 Å². The van der Waals surface area contributed by atoms with E-state index < -0.39 is 51.3 Å². The van der Waals surface area contributed by atoms with Crippen molar-refractivity contribution in [3.8, 4) is 0 Å². The van der Waals surface area contributed by atoms with Crippen molar-refractivity contribution >= 4 is 20.5 Å². The Hall–Kier alpha value is -1.91. The van der Waals surface area contributed by atoms with E-state index in [1.165, 1.54) is 7.11 Å². The Bertz CT molecular complexity index is 838. The molecule has 3 rings (SSSR count). The van der Waals surface area contributed by atoms with Crippen molar-refractivity contribution in [2.45, 2.75) is 75.9 Å². The van der Waals surface area contributed by atoms with E-state index in [2.05, 4.69) is 38.7 Å². The van der Waals surface area contributed by atoms with Crippen molar-refractivity contribution in [2.75, 3.05) is 13.7 Å². The third-order valence-corrected chi connectivity index (χ3v) is 10.7. The molecule has 2 saturated heterocycles. The number of methoxy groups -OCH3 is 1. The standard InChI is InChI=1S/C22H32N2O7Si/c1-22(2,3)32(5,6)31-18-17-15(13-27-20(30-17)14-10-8-7-9-11-14)28-21(26-4)19(18)29-16(25)12-24-23/h7-12,15,17-21H,13H2,1-6H3/t15-,17-,18+,19-,20?,21-/m1/s1. The van der Waals surface area contributed by atoms with Crippen LogP contribution in [0.5, 0.6) is 0 Å². The fraction of sp³-hybridized carbons (Fsp3) is 0.636. The molecule has 0 aromatic heterocycles. The highest BCUT2D eigenvalue weighted by Gasteiger charge is 2.55. The SMILES string of the molecule is CO[C@@H]1O[C@@H]2COC(c3ccccc3)O[C@H]2[C@H](O[Si](C)(C)C(C)(C)C)[C@H]1OC(=O)C=[N+]=[N-]. The lowest BCUT2D eigenvalue weighted by molar-refractivity contribution is -0.356. The number of carbonyl (C=O) groups excluding carboxylic acids is 1. The molecule has 0 bridgehead atoms. The number of hydrogen-bond acceptors (Lipinski definition) is 7. The summed E-state index contributed by atoms with van der Waals surface area (Å²) in [6, 6.07) is 9.59. The van der Waals surface area contributed by atoms with Crippen LogP contribution in [0.4, 0.5) is 0 Å². The molecule has 1 unspecified atom stereocenters. The Kier molecular flexibility index (Phi) is 7.67. The van der Waals surface area contributed by atoms with Gasteiger partial charge in [0.1, 0.15) is 18.3 Å². The topological polar surface area (TPSA) is 109 Å². The van der Waals surface area contributed by atoms with Crippen LogP contribution in [0.25, 0.3) is 5.53 Å². The van der Waals surface area contributed by atoms with E-state index >= 15 is 0 Å².